The van der Waals surface area contributed by atoms with Gasteiger partial charge >= 0.3 is 17.8 Å². The Balaban J connectivity index is 1.64. The number of carbonyl (C=O) groups excluding carboxylic acids is 3. The monoisotopic (exact) mass is 527 g/mol. The van der Waals surface area contributed by atoms with Crippen molar-refractivity contribution < 1.29 is 19.1 Å². The molecule has 9 heteroatoms. The Kier molecular flexibility index (Phi) is 8.34. The minimum absolute atomic E-state index is 0.219. The second-order valence-electron chi connectivity index (χ2n) is 6.78. The van der Waals surface area contributed by atoms with Crippen LogP contribution in [-0.2, 0) is 16.0 Å². The molecule has 0 saturated heterocycles. The summed E-state index contributed by atoms with van der Waals surface area (Å²) in [7, 11) is 0. The van der Waals surface area contributed by atoms with Gasteiger partial charge in [0.05, 0.1) is 11.8 Å². The zero-order chi connectivity index (χ0) is 23.8. The third-order valence-electron chi connectivity index (χ3n) is 4.45. The van der Waals surface area contributed by atoms with Crippen LogP contribution in [0.15, 0.2) is 76.3 Å². The maximum absolute atomic E-state index is 12.4. The number of nitrogens with one attached hydrogen (secondary N) is 2. The third kappa shape index (κ3) is 7.00. The van der Waals surface area contributed by atoms with Gasteiger partial charge in [0.1, 0.15) is 5.75 Å². The van der Waals surface area contributed by atoms with E-state index in [2.05, 4.69) is 31.8 Å². The first kappa shape index (κ1) is 24.2. The van der Waals surface area contributed by atoms with Crippen LogP contribution in [0.2, 0.25) is 5.02 Å². The molecular formula is C24H19BrClN3O4. The molecule has 0 heterocycles. The fourth-order valence-corrected chi connectivity index (χ4v) is 3.19. The lowest BCUT2D eigenvalue weighted by atomic mass is 10.1. The molecule has 0 radical (unpaired) electrons. The smallest absolute Gasteiger partial charge is 0.343 e. The van der Waals surface area contributed by atoms with E-state index in [1.54, 1.807) is 54.6 Å². The topological polar surface area (TPSA) is 96.9 Å². The summed E-state index contributed by atoms with van der Waals surface area (Å²) in [5, 5.41) is 6.81. The Morgan fingerprint density at radius 1 is 1.00 bits per heavy atom. The number of halogens is 2. The highest BCUT2D eigenvalue weighted by molar-refractivity contribution is 9.10. The lowest BCUT2D eigenvalue weighted by Gasteiger charge is -2.08. The van der Waals surface area contributed by atoms with Crippen molar-refractivity contribution in [1.82, 2.24) is 5.43 Å². The van der Waals surface area contributed by atoms with Crippen molar-refractivity contribution in [3.05, 3.63) is 92.9 Å². The Hall–Kier alpha value is -3.49. The molecule has 7 nitrogen and oxygen atoms in total. The number of hydrogen-bond donors (Lipinski definition) is 2. The average molecular weight is 529 g/mol. The summed E-state index contributed by atoms with van der Waals surface area (Å²) in [6.07, 6.45) is 2.15. The molecule has 168 valence electrons. The number of nitrogens with zero attached hydrogens (tertiary/aromatic N) is 1. The minimum Gasteiger partial charge on any atom is -0.422 e. The van der Waals surface area contributed by atoms with Crippen molar-refractivity contribution in [2.75, 3.05) is 5.32 Å². The van der Waals surface area contributed by atoms with Crippen LogP contribution in [0.4, 0.5) is 5.69 Å². The van der Waals surface area contributed by atoms with Crippen molar-refractivity contribution in [2.24, 2.45) is 5.10 Å². The van der Waals surface area contributed by atoms with E-state index in [0.717, 1.165) is 12.0 Å². The number of hydrogen-bond acceptors (Lipinski definition) is 5. The van der Waals surface area contributed by atoms with Crippen molar-refractivity contribution in [3.63, 3.8) is 0 Å². The lowest BCUT2D eigenvalue weighted by Crippen LogP contribution is -2.32. The van der Waals surface area contributed by atoms with Gasteiger partial charge in [-0.15, -0.1) is 0 Å². The molecule has 3 aromatic carbocycles. The fourth-order valence-electron chi connectivity index (χ4n) is 2.68. The number of rotatable bonds is 6. The quantitative estimate of drug-likeness (QED) is 0.155. The first-order valence-corrected chi connectivity index (χ1v) is 11.0. The largest absolute Gasteiger partial charge is 0.422 e. The van der Waals surface area contributed by atoms with Crippen LogP contribution in [0.1, 0.15) is 28.4 Å². The van der Waals surface area contributed by atoms with Gasteiger partial charge in [-0.25, -0.2) is 10.2 Å². The molecule has 2 amide bonds. The number of esters is 1. The van der Waals surface area contributed by atoms with E-state index in [0.29, 0.717) is 26.3 Å². The molecule has 0 unspecified atom stereocenters. The average Bonchev–Trinajstić information content (AvgIpc) is 2.81. The van der Waals surface area contributed by atoms with Gasteiger partial charge in [-0.1, -0.05) is 46.6 Å². The van der Waals surface area contributed by atoms with Crippen LogP contribution >= 0.6 is 27.5 Å². The maximum atomic E-state index is 12.4. The predicted molar refractivity (Wildman–Crippen MR) is 131 cm³/mol. The molecule has 0 fully saturated rings. The molecule has 0 atom stereocenters. The molecule has 0 spiro atoms. The van der Waals surface area contributed by atoms with E-state index < -0.39 is 17.8 Å². The highest BCUT2D eigenvalue weighted by Gasteiger charge is 2.14. The third-order valence-corrected chi connectivity index (χ3v) is 5.20. The van der Waals surface area contributed by atoms with Gasteiger partial charge in [0, 0.05) is 20.7 Å². The number of aryl methyl sites for hydroxylation is 1. The van der Waals surface area contributed by atoms with Crippen LogP contribution in [0.5, 0.6) is 5.75 Å². The molecule has 0 saturated carbocycles. The summed E-state index contributed by atoms with van der Waals surface area (Å²) in [6, 6.07) is 18.4. The van der Waals surface area contributed by atoms with Gasteiger partial charge in [0.2, 0.25) is 0 Å². The summed E-state index contributed by atoms with van der Waals surface area (Å²) < 4.78 is 6.15. The van der Waals surface area contributed by atoms with Crippen LogP contribution in [-0.4, -0.2) is 24.0 Å². The van der Waals surface area contributed by atoms with Gasteiger partial charge in [-0.05, 0) is 66.6 Å². The zero-order valence-electron chi connectivity index (χ0n) is 17.5. The first-order valence-electron chi connectivity index (χ1n) is 9.86. The molecule has 2 N–H and O–H groups in total. The Morgan fingerprint density at radius 2 is 1.70 bits per heavy atom. The Morgan fingerprint density at radius 3 is 2.36 bits per heavy atom. The van der Waals surface area contributed by atoms with Crippen molar-refractivity contribution in [1.29, 1.82) is 0 Å². The SMILES string of the molecule is CCc1ccc(NC(=O)C(=O)N/N=C/c2cc(Br)ccc2OC(=O)c2ccc(Cl)cc2)cc1. The molecule has 0 bridgehead atoms. The molecule has 33 heavy (non-hydrogen) atoms. The number of amides is 2. The number of anilines is 1. The summed E-state index contributed by atoms with van der Waals surface area (Å²) in [6.45, 7) is 2.02. The maximum Gasteiger partial charge on any atom is 0.343 e. The number of benzene rings is 3. The van der Waals surface area contributed by atoms with Gasteiger partial charge in [0.25, 0.3) is 0 Å². The molecule has 0 aliphatic carbocycles. The molecule has 0 aliphatic heterocycles. The second kappa shape index (κ2) is 11.4. The Labute approximate surface area is 203 Å². The van der Waals surface area contributed by atoms with Crippen LogP contribution in [0.25, 0.3) is 0 Å². The van der Waals surface area contributed by atoms with E-state index in [1.807, 2.05) is 19.1 Å². The van der Waals surface area contributed by atoms with E-state index in [1.165, 1.54) is 6.21 Å². The summed E-state index contributed by atoms with van der Waals surface area (Å²) >= 11 is 9.18. The van der Waals surface area contributed by atoms with E-state index in [9.17, 15) is 14.4 Å². The fraction of sp³-hybridized carbons (Fsp3) is 0.0833. The molecule has 3 rings (SSSR count). The van der Waals surface area contributed by atoms with E-state index in [4.69, 9.17) is 16.3 Å². The van der Waals surface area contributed by atoms with Crippen LogP contribution in [0, 0.1) is 0 Å². The van der Waals surface area contributed by atoms with Gasteiger partial charge in [0.15, 0.2) is 0 Å². The highest BCUT2D eigenvalue weighted by atomic mass is 79.9. The standard InChI is InChI=1S/C24H19BrClN3O4/c1-2-15-3-10-20(11-4-15)28-22(30)23(31)29-27-14-17-13-18(25)7-12-21(17)33-24(32)16-5-8-19(26)9-6-16/h3-14H,2H2,1H3,(H,28,30)(H,29,31)/b27-14+. The van der Waals surface area contributed by atoms with Crippen molar-refractivity contribution in [2.45, 2.75) is 13.3 Å². The van der Waals surface area contributed by atoms with Crippen LogP contribution in [0.3, 0.4) is 0 Å². The molecule has 0 aliphatic rings. The first-order chi connectivity index (χ1) is 15.9. The molecular weight excluding hydrogens is 510 g/mol. The van der Waals surface area contributed by atoms with Gasteiger partial charge in [-0.2, -0.15) is 5.10 Å². The summed E-state index contributed by atoms with van der Waals surface area (Å²) in [5.41, 5.74) is 4.50. The van der Waals surface area contributed by atoms with Crippen LogP contribution < -0.4 is 15.5 Å². The summed E-state index contributed by atoms with van der Waals surface area (Å²) in [5.74, 6) is -2.17. The number of carbonyl (C=O) groups is 3. The van der Waals surface area contributed by atoms with E-state index >= 15 is 0 Å². The Bertz CT molecular complexity index is 1200. The highest BCUT2D eigenvalue weighted by Crippen LogP contribution is 2.23. The van der Waals surface area contributed by atoms with Gasteiger partial charge < -0.3 is 10.1 Å². The number of ether oxygens (including phenoxy) is 1. The molecule has 3 aromatic rings. The summed E-state index contributed by atoms with van der Waals surface area (Å²) in [4.78, 5) is 36.5. The van der Waals surface area contributed by atoms with Crippen molar-refractivity contribution >= 4 is 57.2 Å². The normalized spacial score (nSPS) is 10.6. The minimum atomic E-state index is -0.944. The number of hydrazone groups is 1. The van der Waals surface area contributed by atoms with E-state index in [-0.39, 0.29) is 5.75 Å². The molecule has 0 aromatic heterocycles. The lowest BCUT2D eigenvalue weighted by molar-refractivity contribution is -0.136. The van der Waals surface area contributed by atoms with Crippen molar-refractivity contribution in [3.8, 4) is 5.75 Å². The zero-order valence-corrected chi connectivity index (χ0v) is 19.8. The van der Waals surface area contributed by atoms with Gasteiger partial charge in [-0.3, -0.25) is 9.59 Å². The predicted octanol–water partition coefficient (Wildman–Crippen LogP) is 4.97. The second-order valence-corrected chi connectivity index (χ2v) is 8.13.